The minimum atomic E-state index is -3.89. The van der Waals surface area contributed by atoms with Crippen molar-refractivity contribution in [3.05, 3.63) is 80.1 Å². The summed E-state index contributed by atoms with van der Waals surface area (Å²) in [7, 11) is -3.89. The maximum absolute atomic E-state index is 13.4. The van der Waals surface area contributed by atoms with E-state index in [4.69, 9.17) is 23.2 Å². The van der Waals surface area contributed by atoms with E-state index in [0.717, 1.165) is 19.6 Å². The normalized spacial score (nSPS) is 13.8. The number of fused-ring (bicyclic) bond motifs is 1. The molecular formula is C32H36Cl2N4O5S. The number of nitrogens with zero attached hydrogens (tertiary/aromatic N) is 1. The fourth-order valence-corrected chi connectivity index (χ4v) is 7.49. The van der Waals surface area contributed by atoms with Gasteiger partial charge in [0.2, 0.25) is 5.91 Å². The molecule has 0 radical (unpaired) electrons. The highest BCUT2D eigenvalue weighted by atomic mass is 35.5. The van der Waals surface area contributed by atoms with Crippen molar-refractivity contribution in [3.63, 3.8) is 0 Å². The molecular weight excluding hydrogens is 623 g/mol. The third kappa shape index (κ3) is 7.43. The molecule has 0 aliphatic carbocycles. The van der Waals surface area contributed by atoms with Crippen LogP contribution in [0.1, 0.15) is 65.6 Å². The number of amides is 2. The second kappa shape index (κ2) is 14.1. The number of hydrogen-bond acceptors (Lipinski definition) is 6. The van der Waals surface area contributed by atoms with Gasteiger partial charge in [0, 0.05) is 63.3 Å². The van der Waals surface area contributed by atoms with Crippen LogP contribution in [0.25, 0.3) is 11.6 Å². The average molecular weight is 660 g/mol. The van der Waals surface area contributed by atoms with E-state index in [9.17, 15) is 22.8 Å². The zero-order chi connectivity index (χ0) is 32.2. The van der Waals surface area contributed by atoms with Gasteiger partial charge in [-0.2, -0.15) is 0 Å². The minimum Gasteiger partial charge on any atom is -0.358 e. The zero-order valence-corrected chi connectivity index (χ0v) is 27.5. The molecule has 9 nitrogen and oxygen atoms in total. The van der Waals surface area contributed by atoms with Gasteiger partial charge >= 0.3 is 0 Å². The van der Waals surface area contributed by atoms with E-state index in [1.807, 2.05) is 0 Å². The number of aryl methyl sites for hydroxylation is 1. The molecule has 2 heterocycles. The largest absolute Gasteiger partial charge is 0.358 e. The Morgan fingerprint density at radius 3 is 2.36 bits per heavy atom. The number of carbonyl (C=O) groups is 3. The van der Waals surface area contributed by atoms with Crippen LogP contribution in [0, 0.1) is 6.92 Å². The highest BCUT2D eigenvalue weighted by Gasteiger charge is 2.29. The Labute approximate surface area is 267 Å². The highest BCUT2D eigenvalue weighted by Crippen LogP contribution is 2.37. The standard InChI is InChI=1S/C32H36Cl2N4O5S/c1-5-38(6-2)15-14-35-30(40)13-11-22-29(36-19(3)31(22)20(4)39)17-24-23-16-21(10-12-28(23)37-32(24)41)44(42,43)18-25-26(33)8-7-9-27(25)34/h7-10,12,16-17,36H,5-6,11,13-15,18H2,1-4H3,(H,35,40)(H,37,41). The number of aromatic amines is 1. The Hall–Kier alpha value is -3.44. The molecule has 0 unspecified atom stereocenters. The number of halogens is 2. The van der Waals surface area contributed by atoms with Gasteiger partial charge in [-0.15, -0.1) is 0 Å². The van der Waals surface area contributed by atoms with Gasteiger partial charge in [-0.05, 0) is 75.3 Å². The van der Waals surface area contributed by atoms with Crippen molar-refractivity contribution in [1.29, 1.82) is 0 Å². The van der Waals surface area contributed by atoms with Crippen LogP contribution in [0.15, 0.2) is 41.3 Å². The Morgan fingerprint density at radius 1 is 1.05 bits per heavy atom. The molecule has 0 spiro atoms. The monoisotopic (exact) mass is 658 g/mol. The van der Waals surface area contributed by atoms with E-state index in [1.54, 1.807) is 37.3 Å². The molecule has 0 atom stereocenters. The maximum atomic E-state index is 13.4. The molecule has 3 aromatic rings. The summed E-state index contributed by atoms with van der Waals surface area (Å²) < 4.78 is 26.8. The van der Waals surface area contributed by atoms with E-state index >= 15 is 0 Å². The van der Waals surface area contributed by atoms with Crippen molar-refractivity contribution in [2.24, 2.45) is 0 Å². The number of nitrogens with one attached hydrogen (secondary N) is 3. The second-order valence-corrected chi connectivity index (χ2v) is 13.4. The van der Waals surface area contributed by atoms with E-state index < -0.39 is 21.5 Å². The topological polar surface area (TPSA) is 128 Å². The predicted octanol–water partition coefficient (Wildman–Crippen LogP) is 5.69. The Morgan fingerprint density at radius 2 is 1.73 bits per heavy atom. The molecule has 1 aromatic heterocycles. The van der Waals surface area contributed by atoms with Gasteiger partial charge in [0.25, 0.3) is 5.91 Å². The first-order valence-electron chi connectivity index (χ1n) is 14.4. The second-order valence-electron chi connectivity index (χ2n) is 10.6. The van der Waals surface area contributed by atoms with Crippen molar-refractivity contribution in [3.8, 4) is 0 Å². The third-order valence-electron chi connectivity index (χ3n) is 7.74. The number of ketones is 1. The first-order valence-corrected chi connectivity index (χ1v) is 16.8. The van der Waals surface area contributed by atoms with Crippen LogP contribution in [0.2, 0.25) is 10.0 Å². The van der Waals surface area contributed by atoms with Crippen LogP contribution >= 0.6 is 23.2 Å². The zero-order valence-electron chi connectivity index (χ0n) is 25.1. The van der Waals surface area contributed by atoms with Crippen LogP contribution in [0.3, 0.4) is 0 Å². The lowest BCUT2D eigenvalue weighted by molar-refractivity contribution is -0.121. The SMILES string of the molecule is CCN(CC)CCNC(=O)CCc1c(C=C2C(=O)Nc3ccc(S(=O)(=O)Cc4c(Cl)cccc4Cl)cc32)[nH]c(C)c1C(C)=O. The number of carbonyl (C=O) groups excluding carboxylic acids is 3. The van der Waals surface area contributed by atoms with Crippen molar-refractivity contribution in [2.45, 2.75) is 51.2 Å². The summed E-state index contributed by atoms with van der Waals surface area (Å²) in [5, 5.41) is 6.20. The summed E-state index contributed by atoms with van der Waals surface area (Å²) in [6.07, 6.45) is 2.04. The number of aromatic nitrogens is 1. The smallest absolute Gasteiger partial charge is 0.256 e. The molecule has 0 saturated heterocycles. The molecule has 0 saturated carbocycles. The van der Waals surface area contributed by atoms with Crippen molar-refractivity contribution in [1.82, 2.24) is 15.2 Å². The minimum absolute atomic E-state index is 0.00309. The first kappa shape index (κ1) is 33.5. The van der Waals surface area contributed by atoms with Gasteiger partial charge in [0.05, 0.1) is 16.2 Å². The van der Waals surface area contributed by atoms with Crippen LogP contribution < -0.4 is 10.6 Å². The number of rotatable bonds is 13. The fraction of sp³-hybridized carbons (Fsp3) is 0.344. The lowest BCUT2D eigenvalue weighted by Gasteiger charge is -2.17. The first-order chi connectivity index (χ1) is 20.9. The molecule has 0 bridgehead atoms. The molecule has 2 amide bonds. The van der Waals surface area contributed by atoms with Crippen molar-refractivity contribution in [2.75, 3.05) is 31.5 Å². The fourth-order valence-electron chi connectivity index (χ4n) is 5.37. The summed E-state index contributed by atoms with van der Waals surface area (Å²) in [4.78, 5) is 43.8. The van der Waals surface area contributed by atoms with Crippen molar-refractivity contribution < 1.29 is 22.8 Å². The van der Waals surface area contributed by atoms with E-state index in [1.165, 1.54) is 19.1 Å². The molecule has 44 heavy (non-hydrogen) atoms. The molecule has 1 aliphatic heterocycles. The summed E-state index contributed by atoms with van der Waals surface area (Å²) in [6, 6.07) is 9.21. The predicted molar refractivity (Wildman–Crippen MR) is 175 cm³/mol. The lowest BCUT2D eigenvalue weighted by Crippen LogP contribution is -2.34. The quantitative estimate of drug-likeness (QED) is 0.160. The molecule has 1 aliphatic rings. The number of benzene rings is 2. The van der Waals surface area contributed by atoms with Gasteiger partial charge in [-0.3, -0.25) is 14.4 Å². The number of likely N-dealkylation sites (N-methyl/N-ethyl adjacent to an activating group) is 1. The summed E-state index contributed by atoms with van der Waals surface area (Å²) in [5.74, 6) is -1.13. The van der Waals surface area contributed by atoms with Gasteiger partial charge in [0.15, 0.2) is 15.6 Å². The molecule has 12 heteroatoms. The maximum Gasteiger partial charge on any atom is 0.256 e. The Kier molecular flexibility index (Phi) is 10.7. The van der Waals surface area contributed by atoms with Crippen molar-refractivity contribution >= 4 is 68.0 Å². The van der Waals surface area contributed by atoms with Gasteiger partial charge in [0.1, 0.15) is 0 Å². The molecule has 234 valence electrons. The van der Waals surface area contributed by atoms with Crippen LogP contribution in [0.4, 0.5) is 5.69 Å². The molecule has 2 aromatic carbocycles. The number of anilines is 1. The number of sulfone groups is 1. The Balaban J connectivity index is 1.64. The van der Waals surface area contributed by atoms with E-state index in [-0.39, 0.29) is 45.0 Å². The van der Waals surface area contributed by atoms with Gasteiger partial charge in [-0.25, -0.2) is 8.42 Å². The van der Waals surface area contributed by atoms with Gasteiger partial charge in [-0.1, -0.05) is 43.1 Å². The number of H-pyrrole nitrogens is 1. The lowest BCUT2D eigenvalue weighted by atomic mass is 9.98. The highest BCUT2D eigenvalue weighted by molar-refractivity contribution is 7.90. The van der Waals surface area contributed by atoms with E-state index in [2.05, 4.69) is 34.4 Å². The van der Waals surface area contributed by atoms with E-state index in [0.29, 0.717) is 45.9 Å². The van der Waals surface area contributed by atoms with Gasteiger partial charge < -0.3 is 20.5 Å². The molecule has 3 N–H and O–H groups in total. The summed E-state index contributed by atoms with van der Waals surface area (Å²) >= 11 is 12.5. The van der Waals surface area contributed by atoms with Crippen LogP contribution in [0.5, 0.6) is 0 Å². The molecule has 4 rings (SSSR count). The summed E-state index contributed by atoms with van der Waals surface area (Å²) in [5.41, 5.74) is 3.61. The average Bonchev–Trinajstić information content (AvgIpc) is 3.46. The number of hydrogen-bond donors (Lipinski definition) is 3. The Bertz CT molecular complexity index is 1720. The molecule has 0 fully saturated rings. The third-order valence-corrected chi connectivity index (χ3v) is 10.1. The van der Waals surface area contributed by atoms with Crippen LogP contribution in [-0.2, 0) is 31.6 Å². The number of Topliss-reactive ketones (excluding diaryl/α,β-unsaturated/α-hetero) is 1. The van der Waals surface area contributed by atoms with Crippen LogP contribution in [-0.4, -0.2) is 62.1 Å². The summed E-state index contributed by atoms with van der Waals surface area (Å²) in [6.45, 7) is 10.4.